The predicted octanol–water partition coefficient (Wildman–Crippen LogP) is 21.4. The molecule has 0 bridgehead atoms. The first-order chi connectivity index (χ1) is 35.0. The van der Waals surface area contributed by atoms with Crippen LogP contribution in [0, 0.1) is 0 Å². The van der Waals surface area contributed by atoms with E-state index in [1.54, 1.807) is 0 Å². The molecule has 0 aromatic carbocycles. The van der Waals surface area contributed by atoms with E-state index >= 15 is 0 Å². The molecule has 0 fully saturated rings. The Balaban J connectivity index is 3.99. The van der Waals surface area contributed by atoms with Crippen LogP contribution in [0.4, 0.5) is 0 Å². The lowest BCUT2D eigenvalue weighted by atomic mass is 10.0. The molecule has 0 aromatic rings. The average Bonchev–Trinajstić information content (AvgIpc) is 3.37. The van der Waals surface area contributed by atoms with Crippen molar-refractivity contribution >= 4 is 17.9 Å². The first kappa shape index (κ1) is 68.9. The molecule has 71 heavy (non-hydrogen) atoms. The van der Waals surface area contributed by atoms with Gasteiger partial charge in [-0.1, -0.05) is 302 Å². The minimum Gasteiger partial charge on any atom is -0.462 e. The Morgan fingerprint density at radius 3 is 0.746 bits per heavy atom. The molecule has 0 heterocycles. The number of allylic oxidation sites excluding steroid dienone is 4. The van der Waals surface area contributed by atoms with Gasteiger partial charge in [-0.3, -0.25) is 14.4 Å². The van der Waals surface area contributed by atoms with E-state index in [2.05, 4.69) is 45.1 Å². The first-order valence-corrected chi connectivity index (χ1v) is 31.8. The molecule has 0 aliphatic rings. The first-order valence-electron chi connectivity index (χ1n) is 31.8. The Hall–Kier alpha value is -2.11. The maximum absolute atomic E-state index is 12.8. The second-order valence-electron chi connectivity index (χ2n) is 21.7. The van der Waals surface area contributed by atoms with Crippen LogP contribution in [-0.4, -0.2) is 37.2 Å². The summed E-state index contributed by atoms with van der Waals surface area (Å²) in [6.45, 7) is 6.60. The fourth-order valence-electron chi connectivity index (χ4n) is 9.59. The molecule has 0 saturated carbocycles. The van der Waals surface area contributed by atoms with Crippen LogP contribution in [-0.2, 0) is 28.6 Å². The van der Waals surface area contributed by atoms with Crippen molar-refractivity contribution in [3.05, 3.63) is 24.3 Å². The van der Waals surface area contributed by atoms with Crippen molar-refractivity contribution in [1.29, 1.82) is 0 Å². The highest BCUT2D eigenvalue weighted by molar-refractivity contribution is 5.71. The Morgan fingerprint density at radius 1 is 0.268 bits per heavy atom. The predicted molar refractivity (Wildman–Crippen MR) is 307 cm³/mol. The van der Waals surface area contributed by atoms with Crippen LogP contribution < -0.4 is 0 Å². The molecule has 418 valence electrons. The Morgan fingerprint density at radius 2 is 0.479 bits per heavy atom. The van der Waals surface area contributed by atoms with Gasteiger partial charge >= 0.3 is 17.9 Å². The van der Waals surface area contributed by atoms with Crippen molar-refractivity contribution in [2.45, 2.75) is 361 Å². The zero-order valence-electron chi connectivity index (χ0n) is 48.0. The minimum absolute atomic E-state index is 0.0733. The molecule has 0 spiro atoms. The maximum Gasteiger partial charge on any atom is 0.306 e. The molecule has 1 unspecified atom stereocenters. The van der Waals surface area contributed by atoms with Crippen LogP contribution in [0.3, 0.4) is 0 Å². The number of unbranched alkanes of at least 4 members (excludes halogenated alkanes) is 44. The molecule has 0 saturated heterocycles. The zero-order chi connectivity index (χ0) is 51.4. The average molecular weight is 1000 g/mol. The highest BCUT2D eigenvalue weighted by atomic mass is 16.6. The topological polar surface area (TPSA) is 78.9 Å². The van der Waals surface area contributed by atoms with E-state index in [0.717, 1.165) is 77.0 Å². The largest absolute Gasteiger partial charge is 0.462 e. The van der Waals surface area contributed by atoms with E-state index in [0.29, 0.717) is 19.3 Å². The third-order valence-electron chi connectivity index (χ3n) is 14.4. The summed E-state index contributed by atoms with van der Waals surface area (Å²) in [5, 5.41) is 0. The van der Waals surface area contributed by atoms with Crippen LogP contribution in [0.5, 0.6) is 0 Å². The summed E-state index contributed by atoms with van der Waals surface area (Å²) in [5.41, 5.74) is 0. The Labute approximate surface area is 443 Å². The van der Waals surface area contributed by atoms with Crippen LogP contribution in [0.25, 0.3) is 0 Å². The third-order valence-corrected chi connectivity index (χ3v) is 14.4. The van der Waals surface area contributed by atoms with E-state index in [4.69, 9.17) is 14.2 Å². The molecule has 6 heteroatoms. The molecule has 0 amide bonds. The van der Waals surface area contributed by atoms with E-state index < -0.39 is 6.10 Å². The Bertz CT molecular complexity index is 1150. The molecular formula is C65H122O6. The monoisotopic (exact) mass is 999 g/mol. The van der Waals surface area contributed by atoms with Gasteiger partial charge in [-0.05, 0) is 57.8 Å². The number of hydrogen-bond donors (Lipinski definition) is 0. The SMILES string of the molecule is CCCC/C=C\CCCCCCCC(=O)OCC(COC(=O)CCCCCCCCCCCCCCCCCCCCCCCCCCCCCCCCC)OC(=O)CCCCCCC/C=C\CCCC. The van der Waals surface area contributed by atoms with Crippen molar-refractivity contribution in [2.24, 2.45) is 0 Å². The van der Waals surface area contributed by atoms with Crippen LogP contribution in [0.2, 0.25) is 0 Å². The second kappa shape index (κ2) is 60.4. The molecule has 6 nitrogen and oxygen atoms in total. The van der Waals surface area contributed by atoms with Gasteiger partial charge in [-0.15, -0.1) is 0 Å². The van der Waals surface area contributed by atoms with E-state index in [9.17, 15) is 14.4 Å². The molecular weight excluding hydrogens is 877 g/mol. The lowest BCUT2D eigenvalue weighted by Crippen LogP contribution is -2.30. The smallest absolute Gasteiger partial charge is 0.306 e. The lowest BCUT2D eigenvalue weighted by Gasteiger charge is -2.18. The van der Waals surface area contributed by atoms with Crippen molar-refractivity contribution in [2.75, 3.05) is 13.2 Å². The van der Waals surface area contributed by atoms with E-state index in [1.807, 2.05) is 0 Å². The number of carbonyl (C=O) groups is 3. The van der Waals surface area contributed by atoms with Gasteiger partial charge in [0, 0.05) is 19.3 Å². The van der Waals surface area contributed by atoms with E-state index in [-0.39, 0.29) is 31.1 Å². The van der Waals surface area contributed by atoms with Gasteiger partial charge in [0.1, 0.15) is 13.2 Å². The lowest BCUT2D eigenvalue weighted by molar-refractivity contribution is -0.167. The van der Waals surface area contributed by atoms with E-state index in [1.165, 1.54) is 238 Å². The highest BCUT2D eigenvalue weighted by Gasteiger charge is 2.19. The second-order valence-corrected chi connectivity index (χ2v) is 21.7. The fraction of sp³-hybridized carbons (Fsp3) is 0.892. The number of esters is 3. The summed E-state index contributed by atoms with van der Waals surface area (Å²) in [7, 11) is 0. The quantitative estimate of drug-likeness (QED) is 0.0261. The van der Waals surface area contributed by atoms with Crippen LogP contribution >= 0.6 is 0 Å². The standard InChI is InChI=1S/C65H122O6/c1-4-7-10-13-16-19-22-23-24-25-26-27-28-29-30-31-32-33-34-35-36-37-38-39-40-41-44-46-49-52-55-58-64(67)70-61-62(71-65(68)59-56-53-50-47-43-21-18-15-12-9-6-3)60-69-63(66)57-54-51-48-45-42-20-17-14-11-8-5-2/h14-15,17-18,62H,4-13,16,19-61H2,1-3H3/b17-14-,18-15-. The van der Waals surface area contributed by atoms with Gasteiger partial charge < -0.3 is 14.2 Å². The van der Waals surface area contributed by atoms with Gasteiger partial charge in [-0.2, -0.15) is 0 Å². The van der Waals surface area contributed by atoms with Gasteiger partial charge in [-0.25, -0.2) is 0 Å². The summed E-state index contributed by atoms with van der Waals surface area (Å²) >= 11 is 0. The van der Waals surface area contributed by atoms with Crippen LogP contribution in [0.15, 0.2) is 24.3 Å². The van der Waals surface area contributed by atoms with Gasteiger partial charge in [0.2, 0.25) is 0 Å². The summed E-state index contributed by atoms with van der Waals surface area (Å²) in [5.74, 6) is -0.875. The molecule has 0 aromatic heterocycles. The molecule has 0 rings (SSSR count). The molecule has 1 atom stereocenters. The van der Waals surface area contributed by atoms with Gasteiger partial charge in [0.05, 0.1) is 0 Å². The third kappa shape index (κ3) is 58.7. The normalized spacial score (nSPS) is 12.1. The molecule has 0 N–H and O–H groups in total. The van der Waals surface area contributed by atoms with Crippen molar-refractivity contribution in [3.63, 3.8) is 0 Å². The summed E-state index contributed by atoms with van der Waals surface area (Å²) in [6, 6.07) is 0. The maximum atomic E-state index is 12.8. The molecule has 0 aliphatic carbocycles. The van der Waals surface area contributed by atoms with Gasteiger partial charge in [0.15, 0.2) is 6.10 Å². The Kier molecular flexibility index (Phi) is 58.6. The number of rotatable bonds is 59. The van der Waals surface area contributed by atoms with Crippen molar-refractivity contribution in [3.8, 4) is 0 Å². The number of hydrogen-bond acceptors (Lipinski definition) is 6. The minimum atomic E-state index is -0.774. The van der Waals surface area contributed by atoms with Crippen LogP contribution in [0.1, 0.15) is 355 Å². The molecule has 0 aliphatic heterocycles. The number of carbonyl (C=O) groups excluding carboxylic acids is 3. The van der Waals surface area contributed by atoms with Gasteiger partial charge in [0.25, 0.3) is 0 Å². The summed E-state index contributed by atoms with van der Waals surface area (Å²) in [4.78, 5) is 38.0. The highest BCUT2D eigenvalue weighted by Crippen LogP contribution is 2.18. The van der Waals surface area contributed by atoms with Crippen molar-refractivity contribution in [1.82, 2.24) is 0 Å². The molecule has 0 radical (unpaired) electrons. The summed E-state index contributed by atoms with van der Waals surface area (Å²) in [6.07, 6.45) is 72.2. The fourth-order valence-corrected chi connectivity index (χ4v) is 9.59. The number of ether oxygens (including phenoxy) is 3. The van der Waals surface area contributed by atoms with Crippen molar-refractivity contribution < 1.29 is 28.6 Å². The zero-order valence-corrected chi connectivity index (χ0v) is 48.0. The summed E-state index contributed by atoms with van der Waals surface area (Å²) < 4.78 is 16.8.